The van der Waals surface area contributed by atoms with Crippen LogP contribution in [0.4, 0.5) is 10.2 Å². The Morgan fingerprint density at radius 1 is 1.55 bits per heavy atom. The smallest absolute Gasteiger partial charge is 0.349 e. The predicted octanol–water partition coefficient (Wildman–Crippen LogP) is 1.21. The topological polar surface area (TPSA) is 73.2 Å². The first-order valence-corrected chi connectivity index (χ1v) is 6.53. The molecule has 1 amide bonds. The second-order valence-corrected chi connectivity index (χ2v) is 4.62. The summed E-state index contributed by atoms with van der Waals surface area (Å²) < 4.78 is 19.1. The van der Waals surface area contributed by atoms with Crippen molar-refractivity contribution in [3.8, 4) is 0 Å². The van der Waals surface area contributed by atoms with E-state index in [1.165, 1.54) is 16.8 Å². The highest BCUT2D eigenvalue weighted by Crippen LogP contribution is 2.03. The van der Waals surface area contributed by atoms with Gasteiger partial charge in [0.15, 0.2) is 0 Å². The van der Waals surface area contributed by atoms with E-state index in [4.69, 9.17) is 4.74 Å². The Morgan fingerprint density at radius 2 is 2.25 bits per heavy atom. The fourth-order valence-corrected chi connectivity index (χ4v) is 1.51. The third-order valence-corrected chi connectivity index (χ3v) is 2.62. The van der Waals surface area contributed by atoms with Gasteiger partial charge in [-0.15, -0.1) is 0 Å². The number of amides is 1. The lowest BCUT2D eigenvalue weighted by Crippen LogP contribution is -2.31. The number of halogens is 1. The summed E-state index contributed by atoms with van der Waals surface area (Å²) in [5.74, 6) is -0.225. The van der Waals surface area contributed by atoms with Crippen LogP contribution in [0.1, 0.15) is 20.8 Å². The van der Waals surface area contributed by atoms with Gasteiger partial charge in [-0.3, -0.25) is 9.36 Å². The molecule has 0 aliphatic rings. The number of carbonyl (C=O) groups is 1. The van der Waals surface area contributed by atoms with Gasteiger partial charge >= 0.3 is 5.69 Å². The molecule has 20 heavy (non-hydrogen) atoms. The Kier molecular flexibility index (Phi) is 6.30. The van der Waals surface area contributed by atoms with Crippen molar-refractivity contribution >= 4 is 11.7 Å². The number of rotatable bonds is 7. The zero-order chi connectivity index (χ0) is 15.1. The van der Waals surface area contributed by atoms with Crippen molar-refractivity contribution < 1.29 is 13.9 Å². The molecule has 0 saturated carbocycles. The number of ether oxygens (including phenoxy) is 1. The van der Waals surface area contributed by atoms with Crippen molar-refractivity contribution in [3.63, 3.8) is 0 Å². The van der Waals surface area contributed by atoms with Crippen LogP contribution in [0.15, 0.2) is 17.1 Å². The van der Waals surface area contributed by atoms with E-state index in [1.54, 1.807) is 20.8 Å². The lowest BCUT2D eigenvalue weighted by atomic mass is 10.2. The van der Waals surface area contributed by atoms with E-state index < -0.39 is 18.5 Å². The quantitative estimate of drug-likeness (QED) is 0.817. The Bertz CT molecular complexity index is 502. The predicted molar refractivity (Wildman–Crippen MR) is 73.4 cm³/mol. The molecule has 1 unspecified atom stereocenters. The highest BCUT2D eigenvalue weighted by Gasteiger charge is 2.12. The van der Waals surface area contributed by atoms with Crippen LogP contribution in [-0.2, 0) is 16.1 Å². The number of alkyl halides is 1. The molecular weight excluding hydrogens is 265 g/mol. The number of nitrogens with zero attached hydrogens (tertiary/aromatic N) is 2. The molecule has 6 nitrogen and oxygen atoms in total. The van der Waals surface area contributed by atoms with Crippen molar-refractivity contribution in [1.82, 2.24) is 9.55 Å². The average molecular weight is 285 g/mol. The Morgan fingerprint density at radius 3 is 2.75 bits per heavy atom. The highest BCUT2D eigenvalue weighted by atomic mass is 19.1. The zero-order valence-electron chi connectivity index (χ0n) is 11.9. The minimum atomic E-state index is -0.674. The summed E-state index contributed by atoms with van der Waals surface area (Å²) in [7, 11) is 0. The molecule has 1 N–H and O–H groups in total. The van der Waals surface area contributed by atoms with E-state index >= 15 is 0 Å². The van der Waals surface area contributed by atoms with Gasteiger partial charge < -0.3 is 10.1 Å². The van der Waals surface area contributed by atoms with Crippen molar-refractivity contribution in [1.29, 1.82) is 0 Å². The minimum absolute atomic E-state index is 0.0918. The summed E-state index contributed by atoms with van der Waals surface area (Å²) in [6.45, 7) is 5.03. The molecule has 0 spiro atoms. The van der Waals surface area contributed by atoms with Crippen LogP contribution < -0.4 is 11.0 Å². The molecule has 1 heterocycles. The highest BCUT2D eigenvalue weighted by molar-refractivity contribution is 5.90. The van der Waals surface area contributed by atoms with E-state index in [1.807, 2.05) is 0 Å². The summed E-state index contributed by atoms with van der Waals surface area (Å²) in [5, 5.41) is 2.53. The molecule has 0 aromatic carbocycles. The summed E-state index contributed by atoms with van der Waals surface area (Å²) in [6, 6.07) is 1.50. The maximum atomic E-state index is 12.7. The van der Waals surface area contributed by atoms with Crippen LogP contribution in [0.3, 0.4) is 0 Å². The molecule has 0 radical (unpaired) electrons. The molecule has 1 rings (SSSR count). The molecule has 0 bridgehead atoms. The van der Waals surface area contributed by atoms with Crippen LogP contribution in [0.2, 0.25) is 0 Å². The van der Waals surface area contributed by atoms with E-state index in [0.29, 0.717) is 6.61 Å². The Balaban J connectivity index is 2.78. The third-order valence-electron chi connectivity index (χ3n) is 2.62. The van der Waals surface area contributed by atoms with Gasteiger partial charge in [0.1, 0.15) is 18.6 Å². The van der Waals surface area contributed by atoms with Gasteiger partial charge in [0.2, 0.25) is 5.91 Å². The van der Waals surface area contributed by atoms with Crippen molar-refractivity contribution in [2.75, 3.05) is 18.6 Å². The summed E-state index contributed by atoms with van der Waals surface area (Å²) in [5.41, 5.74) is -0.551. The average Bonchev–Trinajstić information content (AvgIpc) is 2.40. The molecule has 7 heteroatoms. The maximum absolute atomic E-state index is 12.7. The van der Waals surface area contributed by atoms with Crippen LogP contribution in [0, 0.1) is 5.92 Å². The fourth-order valence-electron chi connectivity index (χ4n) is 1.51. The number of nitrogens with one attached hydrogen (secondary N) is 1. The van der Waals surface area contributed by atoms with E-state index in [-0.39, 0.29) is 24.2 Å². The zero-order valence-corrected chi connectivity index (χ0v) is 11.9. The molecule has 1 atom stereocenters. The summed E-state index contributed by atoms with van der Waals surface area (Å²) >= 11 is 0. The molecule has 112 valence electrons. The van der Waals surface area contributed by atoms with Crippen LogP contribution in [0.5, 0.6) is 0 Å². The number of hydrogen-bond acceptors (Lipinski definition) is 4. The Labute approximate surface area is 117 Å². The van der Waals surface area contributed by atoms with Crippen molar-refractivity contribution in [2.24, 2.45) is 5.92 Å². The van der Waals surface area contributed by atoms with Gasteiger partial charge in [-0.1, -0.05) is 13.8 Å². The molecule has 1 aromatic heterocycles. The largest absolute Gasteiger partial charge is 0.374 e. The first-order chi connectivity index (χ1) is 9.47. The molecule has 0 aliphatic carbocycles. The van der Waals surface area contributed by atoms with Crippen LogP contribution in [-0.4, -0.2) is 34.8 Å². The third kappa shape index (κ3) is 4.73. The standard InChI is InChI=1S/C13H20FN3O3/c1-4-20-10(7-14)8-17-6-5-11(16-13(17)19)15-12(18)9(2)3/h5-6,9-10H,4,7-8H2,1-3H3,(H,15,16,18,19). The number of carbonyl (C=O) groups excluding carboxylic acids is 1. The second-order valence-electron chi connectivity index (χ2n) is 4.62. The first kappa shape index (κ1) is 16.3. The second kappa shape index (κ2) is 7.74. The number of aromatic nitrogens is 2. The monoisotopic (exact) mass is 285 g/mol. The van der Waals surface area contributed by atoms with E-state index in [9.17, 15) is 14.0 Å². The summed E-state index contributed by atoms with van der Waals surface area (Å²) in [6.07, 6.45) is 0.794. The molecular formula is C13H20FN3O3. The van der Waals surface area contributed by atoms with Crippen molar-refractivity contribution in [2.45, 2.75) is 33.4 Å². The first-order valence-electron chi connectivity index (χ1n) is 6.53. The van der Waals surface area contributed by atoms with Gasteiger partial charge in [0.25, 0.3) is 0 Å². The SMILES string of the molecule is CCOC(CF)Cn1ccc(NC(=O)C(C)C)nc1=O. The molecule has 1 aromatic rings. The normalized spacial score (nSPS) is 12.4. The Hall–Kier alpha value is -1.76. The van der Waals surface area contributed by atoms with Crippen LogP contribution >= 0.6 is 0 Å². The number of hydrogen-bond donors (Lipinski definition) is 1. The maximum Gasteiger partial charge on any atom is 0.349 e. The lowest BCUT2D eigenvalue weighted by Gasteiger charge is -2.14. The molecule has 0 aliphatic heterocycles. The van der Waals surface area contributed by atoms with Crippen molar-refractivity contribution in [3.05, 3.63) is 22.7 Å². The molecule has 0 saturated heterocycles. The van der Waals surface area contributed by atoms with E-state index in [2.05, 4.69) is 10.3 Å². The minimum Gasteiger partial charge on any atom is -0.374 e. The van der Waals surface area contributed by atoms with E-state index in [0.717, 1.165) is 0 Å². The summed E-state index contributed by atoms with van der Waals surface area (Å²) in [4.78, 5) is 27.0. The van der Waals surface area contributed by atoms with Gasteiger partial charge in [-0.25, -0.2) is 9.18 Å². The van der Waals surface area contributed by atoms with Gasteiger partial charge in [-0.2, -0.15) is 4.98 Å². The fraction of sp³-hybridized carbons (Fsp3) is 0.615. The van der Waals surface area contributed by atoms with Gasteiger partial charge in [0, 0.05) is 18.7 Å². The van der Waals surface area contributed by atoms with Gasteiger partial charge in [0.05, 0.1) is 6.54 Å². The van der Waals surface area contributed by atoms with Crippen LogP contribution in [0.25, 0.3) is 0 Å². The molecule has 0 fully saturated rings. The lowest BCUT2D eigenvalue weighted by molar-refractivity contribution is -0.118. The van der Waals surface area contributed by atoms with Gasteiger partial charge in [-0.05, 0) is 13.0 Å². The number of anilines is 1.